The number of nitrogens with zero attached hydrogens (tertiary/aromatic N) is 1. The number of nitrogens with two attached hydrogens (primary N) is 1. The van der Waals surface area contributed by atoms with Gasteiger partial charge in [0, 0.05) is 18.5 Å². The van der Waals surface area contributed by atoms with E-state index in [9.17, 15) is 4.79 Å². The minimum absolute atomic E-state index is 0.0564. The maximum Gasteiger partial charge on any atom is 0.225 e. The second kappa shape index (κ2) is 5.21. The van der Waals surface area contributed by atoms with Gasteiger partial charge in [-0.1, -0.05) is 38.1 Å². The van der Waals surface area contributed by atoms with E-state index in [1.165, 1.54) is 11.1 Å². The predicted molar refractivity (Wildman–Crippen MR) is 80.2 cm³/mol. The number of likely N-dealkylation sites (tertiary alicyclic amines) is 1. The quantitative estimate of drug-likeness (QED) is 0.916. The Morgan fingerprint density at radius 1 is 1.25 bits per heavy atom. The normalized spacial score (nSPS) is 26.6. The van der Waals surface area contributed by atoms with Gasteiger partial charge < -0.3 is 10.6 Å². The molecule has 0 radical (unpaired) electrons. The second-order valence-electron chi connectivity index (χ2n) is 6.68. The Hall–Kier alpha value is -1.35. The third kappa shape index (κ3) is 2.59. The van der Waals surface area contributed by atoms with Gasteiger partial charge in [0.25, 0.3) is 0 Å². The first-order chi connectivity index (χ1) is 9.56. The van der Waals surface area contributed by atoms with Gasteiger partial charge in [0.2, 0.25) is 5.91 Å². The van der Waals surface area contributed by atoms with Crippen LogP contribution in [0.25, 0.3) is 0 Å². The van der Waals surface area contributed by atoms with Crippen LogP contribution in [0.2, 0.25) is 0 Å². The van der Waals surface area contributed by atoms with Crippen LogP contribution in [0, 0.1) is 5.92 Å². The van der Waals surface area contributed by atoms with Crippen LogP contribution < -0.4 is 5.73 Å². The summed E-state index contributed by atoms with van der Waals surface area (Å²) in [5, 5.41) is 0. The molecular formula is C17H24N2O. The molecule has 1 heterocycles. The lowest BCUT2D eigenvalue weighted by Crippen LogP contribution is -2.34. The number of amides is 1. The number of rotatable bonds is 4. The Bertz CT molecular complexity index is 490. The predicted octanol–water partition coefficient (Wildman–Crippen LogP) is 2.65. The van der Waals surface area contributed by atoms with Gasteiger partial charge >= 0.3 is 0 Å². The molecule has 1 aromatic carbocycles. The summed E-state index contributed by atoms with van der Waals surface area (Å²) < 4.78 is 0. The zero-order valence-electron chi connectivity index (χ0n) is 12.4. The van der Waals surface area contributed by atoms with Gasteiger partial charge in [-0.2, -0.15) is 0 Å². The summed E-state index contributed by atoms with van der Waals surface area (Å²) in [7, 11) is 0. The molecule has 3 rings (SSSR count). The average molecular weight is 272 g/mol. The maximum atomic E-state index is 12.1. The summed E-state index contributed by atoms with van der Waals surface area (Å²) in [6.45, 7) is 4.46. The Kier molecular flexibility index (Phi) is 3.55. The van der Waals surface area contributed by atoms with Crippen molar-refractivity contribution < 1.29 is 4.79 Å². The Morgan fingerprint density at radius 2 is 1.90 bits per heavy atom. The molecule has 2 unspecified atom stereocenters. The largest absolute Gasteiger partial charge is 0.331 e. The third-order valence-corrected chi connectivity index (χ3v) is 4.31. The lowest BCUT2D eigenvalue weighted by atomic mass is 9.96. The zero-order valence-corrected chi connectivity index (χ0v) is 12.4. The van der Waals surface area contributed by atoms with E-state index in [0.717, 1.165) is 19.3 Å². The van der Waals surface area contributed by atoms with Crippen molar-refractivity contribution in [1.29, 1.82) is 0 Å². The monoisotopic (exact) mass is 272 g/mol. The lowest BCUT2D eigenvalue weighted by Gasteiger charge is -2.27. The molecule has 3 nitrogen and oxygen atoms in total. The smallest absolute Gasteiger partial charge is 0.225 e. The van der Waals surface area contributed by atoms with Gasteiger partial charge in [0.1, 0.15) is 0 Å². The SMILES string of the molecule is CC(C)Cc1ccc(C2C(N)CC(=O)N2C2CC2)cc1. The fraction of sp³-hybridized carbons (Fsp3) is 0.588. The van der Waals surface area contributed by atoms with Crippen LogP contribution in [0.1, 0.15) is 50.3 Å². The summed E-state index contributed by atoms with van der Waals surface area (Å²) in [4.78, 5) is 14.2. The van der Waals surface area contributed by atoms with E-state index < -0.39 is 0 Å². The van der Waals surface area contributed by atoms with Gasteiger partial charge in [-0.3, -0.25) is 4.79 Å². The molecule has 1 saturated heterocycles. The van der Waals surface area contributed by atoms with Crippen molar-refractivity contribution >= 4 is 5.91 Å². The topological polar surface area (TPSA) is 46.3 Å². The highest BCUT2D eigenvalue weighted by atomic mass is 16.2. The summed E-state index contributed by atoms with van der Waals surface area (Å²) in [5.41, 5.74) is 8.77. The number of benzene rings is 1. The molecule has 0 bridgehead atoms. The van der Waals surface area contributed by atoms with Gasteiger partial charge in [-0.25, -0.2) is 0 Å². The molecule has 2 atom stereocenters. The Balaban J connectivity index is 1.81. The van der Waals surface area contributed by atoms with Crippen LogP contribution in [0.15, 0.2) is 24.3 Å². The molecule has 1 aromatic rings. The highest BCUT2D eigenvalue weighted by Crippen LogP contribution is 2.41. The van der Waals surface area contributed by atoms with E-state index in [4.69, 9.17) is 5.73 Å². The zero-order chi connectivity index (χ0) is 14.3. The standard InChI is InChI=1S/C17H24N2O/c1-11(2)9-12-3-5-13(6-4-12)17-15(18)10-16(20)19(17)14-7-8-14/h3-6,11,14-15,17H,7-10,18H2,1-2H3. The molecule has 3 heteroatoms. The Morgan fingerprint density at radius 3 is 2.45 bits per heavy atom. The fourth-order valence-electron chi connectivity index (χ4n) is 3.29. The second-order valence-corrected chi connectivity index (χ2v) is 6.68. The molecule has 1 amide bonds. The highest BCUT2D eigenvalue weighted by Gasteiger charge is 2.45. The van der Waals surface area contributed by atoms with Crippen LogP contribution in [-0.2, 0) is 11.2 Å². The van der Waals surface area contributed by atoms with E-state index in [1.807, 2.05) is 4.90 Å². The minimum atomic E-state index is -0.0564. The van der Waals surface area contributed by atoms with E-state index in [0.29, 0.717) is 18.4 Å². The van der Waals surface area contributed by atoms with Crippen LogP contribution >= 0.6 is 0 Å². The van der Waals surface area contributed by atoms with Crippen molar-refractivity contribution in [3.63, 3.8) is 0 Å². The van der Waals surface area contributed by atoms with Crippen molar-refractivity contribution in [1.82, 2.24) is 4.90 Å². The molecule has 1 aliphatic heterocycles. The first-order valence-electron chi connectivity index (χ1n) is 7.72. The molecule has 1 saturated carbocycles. The molecule has 2 aliphatic rings. The van der Waals surface area contributed by atoms with E-state index in [-0.39, 0.29) is 18.0 Å². The molecule has 2 N–H and O–H groups in total. The summed E-state index contributed by atoms with van der Waals surface area (Å²) in [6.07, 6.45) is 3.87. The Labute approximate surface area is 121 Å². The number of hydrogen-bond acceptors (Lipinski definition) is 2. The number of carbonyl (C=O) groups excluding carboxylic acids is 1. The van der Waals surface area contributed by atoms with Crippen molar-refractivity contribution in [3.8, 4) is 0 Å². The van der Waals surface area contributed by atoms with Crippen LogP contribution in [0.5, 0.6) is 0 Å². The van der Waals surface area contributed by atoms with Crippen LogP contribution in [-0.4, -0.2) is 22.9 Å². The first-order valence-corrected chi connectivity index (χ1v) is 7.72. The number of carbonyl (C=O) groups is 1. The summed E-state index contributed by atoms with van der Waals surface area (Å²) in [6, 6.07) is 9.18. The van der Waals surface area contributed by atoms with Crippen LogP contribution in [0.4, 0.5) is 0 Å². The lowest BCUT2D eigenvalue weighted by molar-refractivity contribution is -0.129. The minimum Gasteiger partial charge on any atom is -0.331 e. The van der Waals surface area contributed by atoms with Crippen LogP contribution in [0.3, 0.4) is 0 Å². The maximum absolute atomic E-state index is 12.1. The number of hydrogen-bond donors (Lipinski definition) is 1. The molecule has 0 spiro atoms. The molecule has 1 aliphatic carbocycles. The fourth-order valence-corrected chi connectivity index (χ4v) is 3.29. The van der Waals surface area contributed by atoms with E-state index in [1.54, 1.807) is 0 Å². The average Bonchev–Trinajstić information content (AvgIpc) is 3.16. The highest BCUT2D eigenvalue weighted by molar-refractivity contribution is 5.81. The molecule has 108 valence electrons. The summed E-state index contributed by atoms with van der Waals surface area (Å²) >= 11 is 0. The first kappa shape index (κ1) is 13.6. The van der Waals surface area contributed by atoms with Gasteiger partial charge in [0.05, 0.1) is 6.04 Å². The van der Waals surface area contributed by atoms with E-state index in [2.05, 4.69) is 38.1 Å². The van der Waals surface area contributed by atoms with E-state index >= 15 is 0 Å². The van der Waals surface area contributed by atoms with Gasteiger partial charge in [0.15, 0.2) is 0 Å². The van der Waals surface area contributed by atoms with Crippen molar-refractivity contribution in [2.24, 2.45) is 11.7 Å². The van der Waals surface area contributed by atoms with Crippen molar-refractivity contribution in [2.75, 3.05) is 0 Å². The third-order valence-electron chi connectivity index (χ3n) is 4.31. The molecule has 20 heavy (non-hydrogen) atoms. The molecule has 0 aromatic heterocycles. The molecular weight excluding hydrogens is 248 g/mol. The summed E-state index contributed by atoms with van der Waals surface area (Å²) in [5.74, 6) is 0.899. The van der Waals surface area contributed by atoms with Gasteiger partial charge in [-0.05, 0) is 36.3 Å². The molecule has 2 fully saturated rings. The van der Waals surface area contributed by atoms with Crippen molar-refractivity contribution in [2.45, 2.75) is 57.7 Å². The van der Waals surface area contributed by atoms with Gasteiger partial charge in [-0.15, -0.1) is 0 Å². The van der Waals surface area contributed by atoms with Crippen molar-refractivity contribution in [3.05, 3.63) is 35.4 Å².